The molecule has 0 bridgehead atoms. The molecule has 51 valence electrons. The van der Waals surface area contributed by atoms with Gasteiger partial charge < -0.3 is 0 Å². The topological polar surface area (TPSA) is 44.1 Å². The summed E-state index contributed by atoms with van der Waals surface area (Å²) in [5.41, 5.74) is 6.82. The Morgan fingerprint density at radius 2 is 2.44 bits per heavy atom. The van der Waals surface area contributed by atoms with Crippen molar-refractivity contribution in [3.05, 3.63) is 0 Å². The zero-order chi connectivity index (χ0) is 6.85. The van der Waals surface area contributed by atoms with E-state index in [1.165, 1.54) is 0 Å². The van der Waals surface area contributed by atoms with Crippen LogP contribution in [0.15, 0.2) is 0 Å². The predicted molar refractivity (Wildman–Crippen MR) is 33.8 cm³/mol. The lowest BCUT2D eigenvalue weighted by atomic mass is 10.2. The second kappa shape index (κ2) is 2.35. The molecule has 1 aliphatic rings. The summed E-state index contributed by atoms with van der Waals surface area (Å²) in [5.74, 6) is -0.435. The first-order chi connectivity index (χ1) is 4.22. The van der Waals surface area contributed by atoms with E-state index in [1.807, 2.05) is 11.9 Å². The van der Waals surface area contributed by atoms with Gasteiger partial charge in [0.25, 0.3) is 5.91 Å². The zero-order valence-corrected chi connectivity index (χ0v) is 5.55. The molecule has 9 heavy (non-hydrogen) atoms. The Labute approximate surface area is 54.8 Å². The third-order valence-electron chi connectivity index (χ3n) is 1.82. The Morgan fingerprint density at radius 3 is 2.67 bits per heavy atom. The van der Waals surface area contributed by atoms with E-state index in [9.17, 15) is 4.79 Å². The summed E-state index contributed by atoms with van der Waals surface area (Å²) in [6.07, 6.45) is 1.94. The number of nitrogens with one attached hydrogen (secondary N) is 1. The molecule has 1 rings (SSSR count). The average molecular weight is 127 g/mol. The van der Waals surface area contributed by atoms with Crippen molar-refractivity contribution in [2.45, 2.75) is 18.9 Å². The van der Waals surface area contributed by atoms with Crippen molar-refractivity contribution in [1.82, 2.24) is 10.6 Å². The molecule has 1 atom stereocenters. The Kier molecular flexibility index (Phi) is 1.71. The van der Waals surface area contributed by atoms with Gasteiger partial charge in [-0.05, 0) is 26.4 Å². The number of rotatable bonds is 1. The third kappa shape index (κ3) is 1.21. The molecule has 0 aromatic rings. The lowest BCUT2D eigenvalue weighted by molar-refractivity contribution is -0.122. The zero-order valence-electron chi connectivity index (χ0n) is 5.55. The van der Waals surface area contributed by atoms with Crippen molar-refractivity contribution in [2.24, 2.45) is 0 Å². The van der Waals surface area contributed by atoms with E-state index in [2.05, 4.69) is 0 Å². The van der Waals surface area contributed by atoms with E-state index in [4.69, 9.17) is 5.73 Å². The molecule has 1 N–H and O–H groups in total. The second-order valence-corrected chi connectivity index (χ2v) is 2.50. The molecule has 0 saturated carbocycles. The van der Waals surface area contributed by atoms with Crippen LogP contribution in [0.25, 0.3) is 0 Å². The van der Waals surface area contributed by atoms with E-state index in [-0.39, 0.29) is 6.04 Å². The van der Waals surface area contributed by atoms with Gasteiger partial charge in [0.05, 0.1) is 6.04 Å². The van der Waals surface area contributed by atoms with Crippen LogP contribution in [-0.4, -0.2) is 30.4 Å². The molecule has 0 unspecified atom stereocenters. The van der Waals surface area contributed by atoms with E-state index in [0.29, 0.717) is 0 Å². The number of hydrogen-bond donors (Lipinski definition) is 0. The van der Waals surface area contributed by atoms with Crippen molar-refractivity contribution in [3.8, 4) is 0 Å². The quantitative estimate of drug-likeness (QED) is 0.493. The van der Waals surface area contributed by atoms with Crippen LogP contribution < -0.4 is 5.73 Å². The fourth-order valence-corrected chi connectivity index (χ4v) is 1.24. The maximum atomic E-state index is 10.5. The molecule has 0 aliphatic carbocycles. The predicted octanol–water partition coefficient (Wildman–Crippen LogP) is -0.110. The Balaban J connectivity index is 2.49. The largest absolute Gasteiger partial charge is 0.295 e. The third-order valence-corrected chi connectivity index (χ3v) is 1.82. The van der Waals surface area contributed by atoms with E-state index >= 15 is 0 Å². The van der Waals surface area contributed by atoms with Gasteiger partial charge in [-0.2, -0.15) is 0 Å². The van der Waals surface area contributed by atoms with Gasteiger partial charge in [-0.1, -0.05) is 0 Å². The molecule has 1 radical (unpaired) electrons. The van der Waals surface area contributed by atoms with Crippen molar-refractivity contribution < 1.29 is 4.79 Å². The minimum absolute atomic E-state index is 0.106. The fraction of sp³-hybridized carbons (Fsp3) is 0.833. The van der Waals surface area contributed by atoms with Gasteiger partial charge in [0.2, 0.25) is 0 Å². The number of nitrogens with zero attached hydrogens (tertiary/aromatic N) is 1. The molecule has 1 saturated heterocycles. The molecule has 1 fully saturated rings. The fourth-order valence-electron chi connectivity index (χ4n) is 1.24. The van der Waals surface area contributed by atoms with Crippen LogP contribution in [0.4, 0.5) is 0 Å². The first kappa shape index (κ1) is 6.55. The highest BCUT2D eigenvalue weighted by molar-refractivity contribution is 5.79. The highest BCUT2D eigenvalue weighted by atomic mass is 16.1. The highest BCUT2D eigenvalue weighted by Gasteiger charge is 2.25. The van der Waals surface area contributed by atoms with Crippen LogP contribution in [0.5, 0.6) is 0 Å². The van der Waals surface area contributed by atoms with E-state index < -0.39 is 5.91 Å². The van der Waals surface area contributed by atoms with Crippen molar-refractivity contribution >= 4 is 5.91 Å². The normalized spacial score (nSPS) is 28.8. The van der Waals surface area contributed by atoms with Crippen molar-refractivity contribution in [2.75, 3.05) is 13.6 Å². The van der Waals surface area contributed by atoms with Gasteiger partial charge in [-0.3, -0.25) is 15.4 Å². The SMILES string of the molecule is CN1CCC[C@H]1C([NH])=O. The Morgan fingerprint density at radius 1 is 1.78 bits per heavy atom. The molecule has 0 aromatic heterocycles. The summed E-state index contributed by atoms with van der Waals surface area (Å²) < 4.78 is 0. The molecular weight excluding hydrogens is 116 g/mol. The number of amides is 1. The number of likely N-dealkylation sites (tertiary alicyclic amines) is 1. The Bertz CT molecular complexity index is 124. The van der Waals surface area contributed by atoms with E-state index in [1.54, 1.807) is 0 Å². The molecule has 1 aliphatic heterocycles. The summed E-state index contributed by atoms with van der Waals surface area (Å²) in [6, 6.07) is -0.106. The van der Waals surface area contributed by atoms with Crippen LogP contribution in [0.1, 0.15) is 12.8 Å². The molecule has 0 aromatic carbocycles. The second-order valence-electron chi connectivity index (χ2n) is 2.50. The van der Waals surface area contributed by atoms with Gasteiger partial charge in [-0.15, -0.1) is 0 Å². The first-order valence-corrected chi connectivity index (χ1v) is 3.17. The van der Waals surface area contributed by atoms with Crippen LogP contribution in [-0.2, 0) is 4.79 Å². The number of likely N-dealkylation sites (N-methyl/N-ethyl adjacent to an activating group) is 1. The molecule has 3 heteroatoms. The molecule has 1 amide bonds. The smallest absolute Gasteiger partial charge is 0.255 e. The molecule has 1 heterocycles. The van der Waals surface area contributed by atoms with Gasteiger partial charge in [-0.25, -0.2) is 0 Å². The van der Waals surface area contributed by atoms with Gasteiger partial charge in [0, 0.05) is 0 Å². The summed E-state index contributed by atoms with van der Waals surface area (Å²) in [6.45, 7) is 0.968. The van der Waals surface area contributed by atoms with E-state index in [0.717, 1.165) is 19.4 Å². The lowest BCUT2D eigenvalue weighted by Gasteiger charge is -2.13. The number of carbonyl (C=O) groups excluding carboxylic acids is 1. The minimum atomic E-state index is -0.435. The van der Waals surface area contributed by atoms with Crippen molar-refractivity contribution in [3.63, 3.8) is 0 Å². The first-order valence-electron chi connectivity index (χ1n) is 3.17. The number of carbonyl (C=O) groups is 1. The molecular formula is C6H11N2O. The summed E-state index contributed by atoms with van der Waals surface area (Å²) >= 11 is 0. The summed E-state index contributed by atoms with van der Waals surface area (Å²) in [5, 5.41) is 0. The lowest BCUT2D eigenvalue weighted by Crippen LogP contribution is -2.33. The van der Waals surface area contributed by atoms with Crippen LogP contribution >= 0.6 is 0 Å². The van der Waals surface area contributed by atoms with Crippen LogP contribution in [0, 0.1) is 0 Å². The summed E-state index contributed by atoms with van der Waals surface area (Å²) in [4.78, 5) is 12.4. The van der Waals surface area contributed by atoms with Gasteiger partial charge in [0.15, 0.2) is 0 Å². The minimum Gasteiger partial charge on any atom is -0.295 e. The van der Waals surface area contributed by atoms with Crippen LogP contribution in [0.3, 0.4) is 0 Å². The number of hydrogen-bond acceptors (Lipinski definition) is 2. The maximum Gasteiger partial charge on any atom is 0.255 e. The van der Waals surface area contributed by atoms with Gasteiger partial charge >= 0.3 is 0 Å². The monoisotopic (exact) mass is 127 g/mol. The standard InChI is InChI=1S/C6H11N2O/c1-8-4-2-3-5(8)6(7)9/h5,7H,2-4H2,1H3/t5-/m0/s1. The molecule has 3 nitrogen and oxygen atoms in total. The van der Waals surface area contributed by atoms with Crippen LogP contribution in [0.2, 0.25) is 0 Å². The Hall–Kier alpha value is -0.570. The van der Waals surface area contributed by atoms with Crippen molar-refractivity contribution in [1.29, 1.82) is 0 Å². The summed E-state index contributed by atoms with van der Waals surface area (Å²) in [7, 11) is 1.89. The molecule has 0 spiro atoms. The highest BCUT2D eigenvalue weighted by Crippen LogP contribution is 2.13. The average Bonchev–Trinajstić information content (AvgIpc) is 2.13. The van der Waals surface area contributed by atoms with Gasteiger partial charge in [0.1, 0.15) is 0 Å². The maximum absolute atomic E-state index is 10.5.